The molecule has 6 nitrogen and oxygen atoms in total. The minimum Gasteiger partial charge on any atom is -0.469 e. The lowest BCUT2D eigenvalue weighted by atomic mass is 9.91. The number of esters is 1. The molecule has 0 spiro atoms. The Morgan fingerprint density at radius 2 is 2.20 bits per heavy atom. The average Bonchev–Trinajstić information content (AvgIpc) is 2.45. The van der Waals surface area contributed by atoms with E-state index in [1.807, 2.05) is 0 Å². The predicted octanol–water partition coefficient (Wildman–Crippen LogP) is 0.115. The number of nitrogens with zero attached hydrogens (tertiary/aromatic N) is 1. The molecule has 1 heterocycles. The van der Waals surface area contributed by atoms with Crippen molar-refractivity contribution in [3.8, 4) is 0 Å². The summed E-state index contributed by atoms with van der Waals surface area (Å²) in [7, 11) is 1.37. The first-order valence-electron chi connectivity index (χ1n) is 7.38. The Kier molecular flexibility index (Phi) is 7.54. The molecule has 3 N–H and O–H groups in total. The second-order valence-electron chi connectivity index (χ2n) is 5.39. The molecule has 116 valence electrons. The Hall–Kier alpha value is -1.14. The number of hydrogen-bond acceptors (Lipinski definition) is 5. The molecule has 1 saturated heterocycles. The summed E-state index contributed by atoms with van der Waals surface area (Å²) < 4.78 is 4.54. The van der Waals surface area contributed by atoms with Gasteiger partial charge < -0.3 is 15.8 Å². The Bertz CT molecular complexity index is 323. The van der Waals surface area contributed by atoms with E-state index in [9.17, 15) is 9.59 Å². The van der Waals surface area contributed by atoms with Gasteiger partial charge in [-0.05, 0) is 18.8 Å². The summed E-state index contributed by atoms with van der Waals surface area (Å²) >= 11 is 0. The largest absolute Gasteiger partial charge is 0.469 e. The van der Waals surface area contributed by atoms with Gasteiger partial charge in [0.05, 0.1) is 13.7 Å². The van der Waals surface area contributed by atoms with Crippen molar-refractivity contribution in [2.45, 2.75) is 38.6 Å². The third-order valence-electron chi connectivity index (χ3n) is 3.88. The van der Waals surface area contributed by atoms with Crippen LogP contribution in [0.4, 0.5) is 0 Å². The van der Waals surface area contributed by atoms with E-state index in [-0.39, 0.29) is 17.9 Å². The quantitative estimate of drug-likeness (QED) is 0.512. The van der Waals surface area contributed by atoms with E-state index in [1.54, 1.807) is 0 Å². The maximum Gasteiger partial charge on any atom is 0.305 e. The summed E-state index contributed by atoms with van der Waals surface area (Å²) in [6.07, 6.45) is 2.96. The molecule has 0 radical (unpaired) electrons. The topological polar surface area (TPSA) is 84.7 Å². The van der Waals surface area contributed by atoms with E-state index in [4.69, 9.17) is 5.73 Å². The first kappa shape index (κ1) is 16.9. The van der Waals surface area contributed by atoms with Crippen LogP contribution in [0.15, 0.2) is 0 Å². The fourth-order valence-corrected chi connectivity index (χ4v) is 2.52. The van der Waals surface area contributed by atoms with Crippen LogP contribution in [-0.4, -0.2) is 56.1 Å². The van der Waals surface area contributed by atoms with Crippen molar-refractivity contribution < 1.29 is 14.3 Å². The molecule has 0 aliphatic carbocycles. The Balaban J connectivity index is 2.17. The summed E-state index contributed by atoms with van der Waals surface area (Å²) in [6, 6.07) is 0.263. The van der Waals surface area contributed by atoms with Gasteiger partial charge in [-0.1, -0.05) is 13.3 Å². The molecule has 2 unspecified atom stereocenters. The highest BCUT2D eigenvalue weighted by atomic mass is 16.5. The summed E-state index contributed by atoms with van der Waals surface area (Å²) in [5.41, 5.74) is 6.05. The van der Waals surface area contributed by atoms with E-state index < -0.39 is 0 Å². The minimum absolute atomic E-state index is 0.0141. The highest BCUT2D eigenvalue weighted by molar-refractivity contribution is 5.78. The van der Waals surface area contributed by atoms with Gasteiger partial charge in [-0.3, -0.25) is 14.5 Å². The first-order chi connectivity index (χ1) is 9.56. The second-order valence-corrected chi connectivity index (χ2v) is 5.39. The molecule has 1 aliphatic heterocycles. The lowest BCUT2D eigenvalue weighted by molar-refractivity contribution is -0.140. The van der Waals surface area contributed by atoms with Crippen molar-refractivity contribution in [2.24, 2.45) is 11.7 Å². The molecule has 0 aromatic rings. The van der Waals surface area contributed by atoms with Crippen molar-refractivity contribution in [1.82, 2.24) is 10.2 Å². The zero-order chi connectivity index (χ0) is 15.0. The molecule has 1 aliphatic rings. The molecule has 1 fully saturated rings. The third kappa shape index (κ3) is 5.88. The molecule has 2 atom stereocenters. The van der Waals surface area contributed by atoms with Crippen molar-refractivity contribution in [3.63, 3.8) is 0 Å². The number of amides is 1. The van der Waals surface area contributed by atoms with Crippen molar-refractivity contribution in [2.75, 3.05) is 33.3 Å². The zero-order valence-corrected chi connectivity index (χ0v) is 12.6. The van der Waals surface area contributed by atoms with Gasteiger partial charge in [-0.2, -0.15) is 0 Å². The van der Waals surface area contributed by atoms with Crippen LogP contribution in [0.5, 0.6) is 0 Å². The van der Waals surface area contributed by atoms with Gasteiger partial charge in [0.15, 0.2) is 0 Å². The Morgan fingerprint density at radius 3 is 2.85 bits per heavy atom. The predicted molar refractivity (Wildman–Crippen MR) is 77.1 cm³/mol. The van der Waals surface area contributed by atoms with Crippen LogP contribution < -0.4 is 11.1 Å². The van der Waals surface area contributed by atoms with Crippen LogP contribution in [0, 0.1) is 5.92 Å². The van der Waals surface area contributed by atoms with Crippen LogP contribution in [0.1, 0.15) is 32.6 Å². The maximum absolute atomic E-state index is 11.8. The van der Waals surface area contributed by atoms with Crippen LogP contribution in [0.25, 0.3) is 0 Å². The lowest BCUT2D eigenvalue weighted by Gasteiger charge is -2.36. The van der Waals surface area contributed by atoms with E-state index in [1.165, 1.54) is 7.11 Å². The van der Waals surface area contributed by atoms with Gasteiger partial charge in [-0.25, -0.2) is 0 Å². The SMILES string of the molecule is CCC1CN(CC(=O)NCCCC(=O)OC)CCC1N. The van der Waals surface area contributed by atoms with Gasteiger partial charge in [-0.15, -0.1) is 0 Å². The smallest absolute Gasteiger partial charge is 0.305 e. The lowest BCUT2D eigenvalue weighted by Crippen LogP contribution is -2.49. The van der Waals surface area contributed by atoms with Crippen LogP contribution in [-0.2, 0) is 14.3 Å². The van der Waals surface area contributed by atoms with Crippen LogP contribution >= 0.6 is 0 Å². The number of methoxy groups -OCH3 is 1. The molecule has 20 heavy (non-hydrogen) atoms. The number of carbonyl (C=O) groups is 2. The average molecular weight is 285 g/mol. The number of piperidine rings is 1. The maximum atomic E-state index is 11.8. The number of ether oxygens (including phenoxy) is 1. The third-order valence-corrected chi connectivity index (χ3v) is 3.88. The van der Waals surface area contributed by atoms with Gasteiger partial charge >= 0.3 is 5.97 Å². The number of carbonyl (C=O) groups excluding carboxylic acids is 2. The molecule has 1 amide bonds. The summed E-state index contributed by atoms with van der Waals surface area (Å²) in [4.78, 5) is 24.9. The van der Waals surface area contributed by atoms with Gasteiger partial charge in [0.25, 0.3) is 0 Å². The summed E-state index contributed by atoms with van der Waals surface area (Å²) in [6.45, 7) is 4.85. The molecule has 1 rings (SSSR count). The highest BCUT2D eigenvalue weighted by Crippen LogP contribution is 2.17. The number of hydrogen-bond donors (Lipinski definition) is 2. The van der Waals surface area contributed by atoms with E-state index in [2.05, 4.69) is 21.9 Å². The molecule has 0 aromatic carbocycles. The number of likely N-dealkylation sites (tertiary alicyclic amines) is 1. The van der Waals surface area contributed by atoms with Crippen LogP contribution in [0.3, 0.4) is 0 Å². The molecule has 6 heteroatoms. The van der Waals surface area contributed by atoms with Gasteiger partial charge in [0, 0.05) is 32.1 Å². The number of rotatable bonds is 7. The van der Waals surface area contributed by atoms with Gasteiger partial charge in [0.1, 0.15) is 0 Å². The molecule has 0 bridgehead atoms. The first-order valence-corrected chi connectivity index (χ1v) is 7.38. The number of nitrogens with two attached hydrogens (primary N) is 1. The normalized spacial score (nSPS) is 23.4. The highest BCUT2D eigenvalue weighted by Gasteiger charge is 2.26. The van der Waals surface area contributed by atoms with Crippen molar-refractivity contribution >= 4 is 11.9 Å². The Morgan fingerprint density at radius 1 is 1.45 bits per heavy atom. The Labute approximate surface area is 121 Å². The monoisotopic (exact) mass is 285 g/mol. The molecular weight excluding hydrogens is 258 g/mol. The molecule has 0 aromatic heterocycles. The van der Waals surface area contributed by atoms with E-state index >= 15 is 0 Å². The van der Waals surface area contributed by atoms with Crippen LogP contribution in [0.2, 0.25) is 0 Å². The molecular formula is C14H27N3O3. The summed E-state index contributed by atoms with van der Waals surface area (Å²) in [5.74, 6) is 0.256. The van der Waals surface area contributed by atoms with Crippen molar-refractivity contribution in [1.29, 1.82) is 0 Å². The standard InChI is InChI=1S/C14H27N3O3/c1-3-11-9-17(8-6-12(11)15)10-13(18)16-7-4-5-14(19)20-2/h11-12H,3-10,15H2,1-2H3,(H,16,18). The fraction of sp³-hybridized carbons (Fsp3) is 0.857. The van der Waals surface area contributed by atoms with Crippen molar-refractivity contribution in [3.05, 3.63) is 0 Å². The molecule has 0 saturated carbocycles. The zero-order valence-electron chi connectivity index (χ0n) is 12.6. The minimum atomic E-state index is -0.241. The van der Waals surface area contributed by atoms with E-state index in [0.717, 1.165) is 25.9 Å². The second kappa shape index (κ2) is 8.92. The fourth-order valence-electron chi connectivity index (χ4n) is 2.52. The summed E-state index contributed by atoms with van der Waals surface area (Å²) in [5, 5.41) is 2.83. The van der Waals surface area contributed by atoms with E-state index in [0.29, 0.717) is 31.8 Å². The number of nitrogens with one attached hydrogen (secondary N) is 1. The van der Waals surface area contributed by atoms with Gasteiger partial charge in [0.2, 0.25) is 5.91 Å².